The van der Waals surface area contributed by atoms with Crippen molar-refractivity contribution in [3.05, 3.63) is 28.2 Å². The Morgan fingerprint density at radius 2 is 1.76 bits per heavy atom. The highest BCUT2D eigenvalue weighted by Gasteiger charge is 2.26. The maximum absolute atomic E-state index is 9.30. The van der Waals surface area contributed by atoms with Gasteiger partial charge in [-0.25, -0.2) is 0 Å². The fourth-order valence-electron chi connectivity index (χ4n) is 3.62. The second kappa shape index (κ2) is 6.81. The zero-order valence-corrected chi connectivity index (χ0v) is 14.0. The highest BCUT2D eigenvalue weighted by atomic mass is 79.9. The molecule has 0 unspecified atom stereocenters. The number of likely N-dealkylation sites (tertiary alicyclic amines) is 1. The van der Waals surface area contributed by atoms with E-state index in [1.807, 2.05) is 12.1 Å². The first-order chi connectivity index (χ1) is 10.3. The van der Waals surface area contributed by atoms with Crippen LogP contribution in [0.5, 0.6) is 0 Å². The molecular formula is C17H22BrN3. The number of nitriles is 1. The van der Waals surface area contributed by atoms with E-state index in [2.05, 4.69) is 37.9 Å². The summed E-state index contributed by atoms with van der Waals surface area (Å²) in [7, 11) is 0. The summed E-state index contributed by atoms with van der Waals surface area (Å²) in [5.74, 6) is 0. The molecule has 2 aliphatic rings. The average molecular weight is 348 g/mol. The average Bonchev–Trinajstić information content (AvgIpc) is 2.56. The first kappa shape index (κ1) is 14.9. The second-order valence-electron chi connectivity index (χ2n) is 6.09. The van der Waals surface area contributed by atoms with E-state index < -0.39 is 0 Å². The Morgan fingerprint density at radius 3 is 2.43 bits per heavy atom. The van der Waals surface area contributed by atoms with E-state index in [9.17, 15) is 5.26 Å². The highest BCUT2D eigenvalue weighted by molar-refractivity contribution is 9.10. The van der Waals surface area contributed by atoms with E-state index in [0.717, 1.165) is 34.9 Å². The Balaban J connectivity index is 1.65. The lowest BCUT2D eigenvalue weighted by molar-refractivity contribution is 0.141. The molecule has 4 heteroatoms. The summed E-state index contributed by atoms with van der Waals surface area (Å²) in [4.78, 5) is 5.07. The highest BCUT2D eigenvalue weighted by Crippen LogP contribution is 2.29. The van der Waals surface area contributed by atoms with Gasteiger partial charge in [-0.1, -0.05) is 22.4 Å². The Kier molecular flexibility index (Phi) is 4.82. The van der Waals surface area contributed by atoms with Gasteiger partial charge in [-0.05, 0) is 57.0 Å². The van der Waals surface area contributed by atoms with Crippen molar-refractivity contribution in [3.8, 4) is 6.07 Å². The van der Waals surface area contributed by atoms with Crippen molar-refractivity contribution in [2.24, 2.45) is 0 Å². The van der Waals surface area contributed by atoms with Crippen molar-refractivity contribution in [1.29, 1.82) is 5.26 Å². The fourth-order valence-corrected chi connectivity index (χ4v) is 3.97. The molecule has 2 fully saturated rings. The summed E-state index contributed by atoms with van der Waals surface area (Å²) >= 11 is 3.52. The van der Waals surface area contributed by atoms with Crippen molar-refractivity contribution < 1.29 is 0 Å². The largest absolute Gasteiger partial charge is 0.370 e. The van der Waals surface area contributed by atoms with Gasteiger partial charge in [0.25, 0.3) is 0 Å². The molecule has 0 aromatic heterocycles. The van der Waals surface area contributed by atoms with Gasteiger partial charge in [-0.3, -0.25) is 0 Å². The third-order valence-corrected chi connectivity index (χ3v) is 5.29. The molecule has 0 atom stereocenters. The number of anilines is 1. The van der Waals surface area contributed by atoms with Gasteiger partial charge in [-0.15, -0.1) is 0 Å². The number of benzene rings is 1. The summed E-state index contributed by atoms with van der Waals surface area (Å²) in [6.45, 7) is 4.69. The van der Waals surface area contributed by atoms with E-state index in [1.165, 1.54) is 45.2 Å². The van der Waals surface area contributed by atoms with Gasteiger partial charge in [0.05, 0.1) is 11.3 Å². The SMILES string of the molecule is N#Cc1ccc(Br)cc1N1CCC(N2CCCCC2)CC1. The lowest BCUT2D eigenvalue weighted by atomic mass is 9.99. The standard InChI is InChI=1S/C17H22BrN3/c18-15-5-4-14(13-19)17(12-15)21-10-6-16(7-11-21)20-8-2-1-3-9-20/h4-5,12,16H,1-3,6-11H2. The van der Waals surface area contributed by atoms with E-state index in [4.69, 9.17) is 0 Å². The van der Waals surface area contributed by atoms with Gasteiger partial charge in [0.2, 0.25) is 0 Å². The topological polar surface area (TPSA) is 30.3 Å². The first-order valence-electron chi connectivity index (χ1n) is 7.96. The lowest BCUT2D eigenvalue weighted by Crippen LogP contribution is -2.46. The van der Waals surface area contributed by atoms with Gasteiger partial charge < -0.3 is 9.80 Å². The van der Waals surface area contributed by atoms with Crippen LogP contribution in [0.25, 0.3) is 0 Å². The molecule has 0 saturated carbocycles. The molecule has 0 spiro atoms. The van der Waals surface area contributed by atoms with Crippen LogP contribution in [-0.4, -0.2) is 37.1 Å². The zero-order valence-electron chi connectivity index (χ0n) is 12.4. The van der Waals surface area contributed by atoms with Gasteiger partial charge in [-0.2, -0.15) is 5.26 Å². The normalized spacial score (nSPS) is 21.2. The summed E-state index contributed by atoms with van der Waals surface area (Å²) in [6.07, 6.45) is 6.57. The van der Waals surface area contributed by atoms with Crippen molar-refractivity contribution in [2.75, 3.05) is 31.1 Å². The number of rotatable bonds is 2. The predicted octanol–water partition coefficient (Wildman–Crippen LogP) is 3.78. The van der Waals surface area contributed by atoms with E-state index in [1.54, 1.807) is 0 Å². The number of piperidine rings is 2. The minimum Gasteiger partial charge on any atom is -0.370 e. The third-order valence-electron chi connectivity index (χ3n) is 4.79. The Labute approximate surface area is 135 Å². The van der Waals surface area contributed by atoms with E-state index in [-0.39, 0.29) is 0 Å². The quantitative estimate of drug-likeness (QED) is 0.815. The van der Waals surface area contributed by atoms with Gasteiger partial charge in [0, 0.05) is 23.6 Å². The number of halogens is 1. The molecule has 21 heavy (non-hydrogen) atoms. The van der Waals surface area contributed by atoms with Gasteiger partial charge in [0.15, 0.2) is 0 Å². The summed E-state index contributed by atoms with van der Waals surface area (Å²) in [6, 6.07) is 9.01. The molecule has 3 rings (SSSR count). The van der Waals surface area contributed by atoms with Crippen molar-refractivity contribution in [2.45, 2.75) is 38.1 Å². The first-order valence-corrected chi connectivity index (χ1v) is 8.76. The van der Waals surface area contributed by atoms with E-state index >= 15 is 0 Å². The van der Waals surface area contributed by atoms with Crippen LogP contribution in [0.15, 0.2) is 22.7 Å². The molecule has 0 aliphatic carbocycles. The molecule has 2 aliphatic heterocycles. The molecule has 0 amide bonds. The summed E-state index contributed by atoms with van der Waals surface area (Å²) in [5, 5.41) is 9.30. The zero-order chi connectivity index (χ0) is 14.7. The molecule has 1 aromatic rings. The molecule has 3 nitrogen and oxygen atoms in total. The Bertz CT molecular complexity index is 523. The smallest absolute Gasteiger partial charge is 0.101 e. The van der Waals surface area contributed by atoms with Crippen LogP contribution in [-0.2, 0) is 0 Å². The van der Waals surface area contributed by atoms with Crippen molar-refractivity contribution >= 4 is 21.6 Å². The van der Waals surface area contributed by atoms with Crippen molar-refractivity contribution in [1.82, 2.24) is 4.90 Å². The third kappa shape index (κ3) is 3.41. The van der Waals surface area contributed by atoms with Crippen LogP contribution < -0.4 is 4.90 Å². The summed E-state index contributed by atoms with van der Waals surface area (Å²) in [5.41, 5.74) is 1.87. The maximum atomic E-state index is 9.30. The lowest BCUT2D eigenvalue weighted by Gasteiger charge is -2.41. The van der Waals surface area contributed by atoms with Crippen LogP contribution in [0, 0.1) is 11.3 Å². The number of nitrogens with zero attached hydrogens (tertiary/aromatic N) is 3. The Hall–Kier alpha value is -1.05. The van der Waals surface area contributed by atoms with Crippen LogP contribution in [0.1, 0.15) is 37.7 Å². The molecule has 1 aromatic carbocycles. The summed E-state index contributed by atoms with van der Waals surface area (Å²) < 4.78 is 1.05. The Morgan fingerprint density at radius 1 is 1.05 bits per heavy atom. The molecule has 2 heterocycles. The molecular weight excluding hydrogens is 326 g/mol. The molecule has 2 saturated heterocycles. The molecule has 0 bridgehead atoms. The van der Waals surface area contributed by atoms with Crippen LogP contribution in [0.4, 0.5) is 5.69 Å². The minimum atomic E-state index is 0.749. The van der Waals surface area contributed by atoms with E-state index in [0.29, 0.717) is 0 Å². The van der Waals surface area contributed by atoms with Gasteiger partial charge >= 0.3 is 0 Å². The van der Waals surface area contributed by atoms with Crippen LogP contribution in [0.3, 0.4) is 0 Å². The monoisotopic (exact) mass is 347 g/mol. The number of hydrogen-bond donors (Lipinski definition) is 0. The second-order valence-corrected chi connectivity index (χ2v) is 7.00. The molecule has 0 N–H and O–H groups in total. The molecule has 0 radical (unpaired) electrons. The molecule has 112 valence electrons. The number of hydrogen-bond acceptors (Lipinski definition) is 3. The van der Waals surface area contributed by atoms with Crippen LogP contribution in [0.2, 0.25) is 0 Å². The predicted molar refractivity (Wildman–Crippen MR) is 89.5 cm³/mol. The van der Waals surface area contributed by atoms with Crippen LogP contribution >= 0.6 is 15.9 Å². The van der Waals surface area contributed by atoms with Gasteiger partial charge in [0.1, 0.15) is 6.07 Å². The van der Waals surface area contributed by atoms with Crippen molar-refractivity contribution in [3.63, 3.8) is 0 Å². The maximum Gasteiger partial charge on any atom is 0.101 e. The fraction of sp³-hybridized carbons (Fsp3) is 0.588. The minimum absolute atomic E-state index is 0.749.